The van der Waals surface area contributed by atoms with E-state index < -0.39 is 27.5 Å². The molecular formula is C11H11ClFNO3S. The van der Waals surface area contributed by atoms with Crippen LogP contribution in [0.3, 0.4) is 0 Å². The predicted molar refractivity (Wildman–Crippen MR) is 66.8 cm³/mol. The third kappa shape index (κ3) is 3.00. The van der Waals surface area contributed by atoms with Crippen LogP contribution in [0, 0.1) is 11.7 Å². The van der Waals surface area contributed by atoms with Gasteiger partial charge in [0.15, 0.2) is 9.84 Å². The van der Waals surface area contributed by atoms with E-state index in [-0.39, 0.29) is 28.6 Å². The highest BCUT2D eigenvalue weighted by atomic mass is 35.5. The molecule has 1 fully saturated rings. The van der Waals surface area contributed by atoms with Crippen LogP contribution in [0.2, 0.25) is 5.02 Å². The summed E-state index contributed by atoms with van der Waals surface area (Å²) in [4.78, 5) is 11.8. The van der Waals surface area contributed by atoms with Crippen molar-refractivity contribution in [3.63, 3.8) is 0 Å². The molecule has 18 heavy (non-hydrogen) atoms. The van der Waals surface area contributed by atoms with Gasteiger partial charge in [-0.3, -0.25) is 4.79 Å². The van der Waals surface area contributed by atoms with Crippen molar-refractivity contribution in [1.29, 1.82) is 0 Å². The molecule has 1 aromatic carbocycles. The van der Waals surface area contributed by atoms with Gasteiger partial charge < -0.3 is 5.32 Å². The fraction of sp³-hybridized carbons (Fsp3) is 0.364. The van der Waals surface area contributed by atoms with Crippen molar-refractivity contribution in [2.75, 3.05) is 16.8 Å². The summed E-state index contributed by atoms with van der Waals surface area (Å²) in [6.07, 6.45) is 0.281. The van der Waals surface area contributed by atoms with Crippen molar-refractivity contribution in [1.82, 2.24) is 0 Å². The molecule has 1 N–H and O–H groups in total. The summed E-state index contributed by atoms with van der Waals surface area (Å²) in [5.41, 5.74) is 0.00805. The van der Waals surface area contributed by atoms with Crippen molar-refractivity contribution in [3.8, 4) is 0 Å². The van der Waals surface area contributed by atoms with Gasteiger partial charge in [-0.2, -0.15) is 0 Å². The molecule has 1 saturated heterocycles. The van der Waals surface area contributed by atoms with Gasteiger partial charge in [0.1, 0.15) is 5.82 Å². The molecule has 1 aromatic rings. The van der Waals surface area contributed by atoms with E-state index >= 15 is 0 Å². The average Bonchev–Trinajstić information content (AvgIpc) is 2.63. The molecule has 0 aliphatic carbocycles. The van der Waals surface area contributed by atoms with Gasteiger partial charge in [-0.1, -0.05) is 11.6 Å². The maximum absolute atomic E-state index is 13.4. The highest BCUT2D eigenvalue weighted by Gasteiger charge is 2.33. The molecule has 1 heterocycles. The zero-order chi connectivity index (χ0) is 13.3. The Kier molecular flexibility index (Phi) is 3.59. The van der Waals surface area contributed by atoms with E-state index in [4.69, 9.17) is 11.6 Å². The maximum atomic E-state index is 13.4. The van der Waals surface area contributed by atoms with Gasteiger partial charge in [-0.15, -0.1) is 0 Å². The molecular weight excluding hydrogens is 281 g/mol. The maximum Gasteiger partial charge on any atom is 0.228 e. The molecule has 0 unspecified atom stereocenters. The standard InChI is InChI=1S/C11H11ClFNO3S/c12-8-1-2-10(9(13)5-8)14-11(15)7-3-4-18(16,17)6-7/h1-2,5,7H,3-4,6H2,(H,14,15)/t7-/m1/s1. The van der Waals surface area contributed by atoms with Crippen LogP contribution < -0.4 is 5.32 Å². The van der Waals surface area contributed by atoms with Gasteiger partial charge in [0.2, 0.25) is 5.91 Å². The van der Waals surface area contributed by atoms with Crippen molar-refractivity contribution < 1.29 is 17.6 Å². The van der Waals surface area contributed by atoms with Gasteiger partial charge in [0.05, 0.1) is 23.1 Å². The zero-order valence-electron chi connectivity index (χ0n) is 9.32. The Labute approximate surface area is 109 Å². The number of sulfone groups is 1. The first-order valence-electron chi connectivity index (χ1n) is 5.34. The lowest BCUT2D eigenvalue weighted by Crippen LogP contribution is -2.24. The summed E-state index contributed by atoms with van der Waals surface area (Å²) in [5, 5.41) is 2.61. The quantitative estimate of drug-likeness (QED) is 0.904. The number of amides is 1. The number of benzene rings is 1. The van der Waals surface area contributed by atoms with Crippen LogP contribution >= 0.6 is 11.6 Å². The highest BCUT2D eigenvalue weighted by molar-refractivity contribution is 7.91. The smallest absolute Gasteiger partial charge is 0.228 e. The van der Waals surface area contributed by atoms with Crippen molar-refractivity contribution >= 4 is 33.0 Å². The van der Waals surface area contributed by atoms with E-state index in [1.54, 1.807) is 0 Å². The van der Waals surface area contributed by atoms with E-state index in [1.807, 2.05) is 0 Å². The van der Waals surface area contributed by atoms with Gasteiger partial charge >= 0.3 is 0 Å². The second kappa shape index (κ2) is 4.85. The highest BCUT2D eigenvalue weighted by Crippen LogP contribution is 2.23. The van der Waals surface area contributed by atoms with Crippen LogP contribution in [-0.2, 0) is 14.6 Å². The number of carbonyl (C=O) groups excluding carboxylic acids is 1. The Bertz CT molecular complexity index is 588. The summed E-state index contributed by atoms with van der Waals surface area (Å²) in [6.45, 7) is 0. The van der Waals surface area contributed by atoms with Crippen LogP contribution in [0.25, 0.3) is 0 Å². The summed E-state index contributed by atoms with van der Waals surface area (Å²) in [7, 11) is -3.13. The fourth-order valence-corrected chi connectivity index (χ4v) is 3.73. The molecule has 1 amide bonds. The Hall–Kier alpha value is -1.14. The minimum Gasteiger partial charge on any atom is -0.323 e. The molecule has 1 aliphatic heterocycles. The van der Waals surface area contributed by atoms with Gasteiger partial charge in [0, 0.05) is 5.02 Å². The molecule has 0 bridgehead atoms. The fourth-order valence-electron chi connectivity index (χ4n) is 1.83. The molecule has 4 nitrogen and oxygen atoms in total. The van der Waals surface area contributed by atoms with Crippen molar-refractivity contribution in [3.05, 3.63) is 29.0 Å². The third-order valence-electron chi connectivity index (χ3n) is 2.79. The topological polar surface area (TPSA) is 63.2 Å². The minimum atomic E-state index is -3.13. The van der Waals surface area contributed by atoms with Crippen LogP contribution in [0.15, 0.2) is 18.2 Å². The van der Waals surface area contributed by atoms with E-state index in [0.717, 1.165) is 6.07 Å². The van der Waals surface area contributed by atoms with Crippen molar-refractivity contribution in [2.24, 2.45) is 5.92 Å². The number of halogens is 2. The zero-order valence-corrected chi connectivity index (χ0v) is 10.9. The number of rotatable bonds is 2. The molecule has 0 aromatic heterocycles. The molecule has 0 saturated carbocycles. The first-order chi connectivity index (χ1) is 8.37. The Morgan fingerprint density at radius 3 is 2.72 bits per heavy atom. The van der Waals surface area contributed by atoms with Crippen LogP contribution in [0.5, 0.6) is 0 Å². The first kappa shape index (κ1) is 13.3. The van der Waals surface area contributed by atoms with Gasteiger partial charge in [-0.25, -0.2) is 12.8 Å². The van der Waals surface area contributed by atoms with Crippen molar-refractivity contribution in [2.45, 2.75) is 6.42 Å². The number of nitrogens with one attached hydrogen (secondary N) is 1. The predicted octanol–water partition coefficient (Wildman–Crippen LogP) is 1.85. The molecule has 1 aliphatic rings. The van der Waals surface area contributed by atoms with Crippen LogP contribution in [-0.4, -0.2) is 25.8 Å². The number of carbonyl (C=O) groups is 1. The lowest BCUT2D eigenvalue weighted by atomic mass is 10.1. The molecule has 0 radical (unpaired) electrons. The van der Waals surface area contributed by atoms with E-state index in [9.17, 15) is 17.6 Å². The lowest BCUT2D eigenvalue weighted by Gasteiger charge is -2.10. The number of anilines is 1. The molecule has 1 atom stereocenters. The summed E-state index contributed by atoms with van der Waals surface area (Å²) in [5.74, 6) is -1.89. The first-order valence-corrected chi connectivity index (χ1v) is 7.54. The largest absolute Gasteiger partial charge is 0.323 e. The third-order valence-corrected chi connectivity index (χ3v) is 4.80. The summed E-state index contributed by atoms with van der Waals surface area (Å²) >= 11 is 5.59. The Morgan fingerprint density at radius 2 is 2.17 bits per heavy atom. The van der Waals surface area contributed by atoms with E-state index in [0.29, 0.717) is 0 Å². The number of hydrogen-bond donors (Lipinski definition) is 1. The van der Waals surface area contributed by atoms with Gasteiger partial charge in [-0.05, 0) is 24.6 Å². The Morgan fingerprint density at radius 1 is 1.44 bits per heavy atom. The van der Waals surface area contributed by atoms with E-state index in [2.05, 4.69) is 5.32 Å². The van der Waals surface area contributed by atoms with E-state index in [1.165, 1.54) is 12.1 Å². The Balaban J connectivity index is 2.08. The molecule has 98 valence electrons. The minimum absolute atomic E-state index is 0.00805. The average molecular weight is 292 g/mol. The monoisotopic (exact) mass is 291 g/mol. The normalized spacial score (nSPS) is 21.8. The second-order valence-corrected chi connectivity index (χ2v) is 6.88. The number of hydrogen-bond acceptors (Lipinski definition) is 3. The summed E-state index contributed by atoms with van der Waals surface area (Å²) in [6, 6.07) is 3.88. The SMILES string of the molecule is O=C(Nc1ccc(Cl)cc1F)[C@@H]1CCS(=O)(=O)C1. The molecule has 0 spiro atoms. The van der Waals surface area contributed by atoms with Crippen LogP contribution in [0.1, 0.15) is 6.42 Å². The molecule has 7 heteroatoms. The van der Waals surface area contributed by atoms with Gasteiger partial charge in [0.25, 0.3) is 0 Å². The molecule has 2 rings (SSSR count). The second-order valence-electron chi connectivity index (χ2n) is 4.21. The lowest BCUT2D eigenvalue weighted by molar-refractivity contribution is -0.119. The summed E-state index contributed by atoms with van der Waals surface area (Å²) < 4.78 is 35.9. The van der Waals surface area contributed by atoms with Crippen LogP contribution in [0.4, 0.5) is 10.1 Å².